The van der Waals surface area contributed by atoms with E-state index in [0.29, 0.717) is 18.8 Å². The van der Waals surface area contributed by atoms with Gasteiger partial charge in [-0.25, -0.2) is 4.79 Å². The largest absolute Gasteiger partial charge is 0.494 e. The zero-order valence-electron chi connectivity index (χ0n) is 20.6. The molecule has 6 nitrogen and oxygen atoms in total. The molecule has 6 heteroatoms. The van der Waals surface area contributed by atoms with Crippen LogP contribution in [-0.2, 0) is 4.74 Å². The van der Waals surface area contributed by atoms with Gasteiger partial charge in [0.05, 0.1) is 18.8 Å². The lowest BCUT2D eigenvalue weighted by atomic mass is 10.1. The first-order valence-electron chi connectivity index (χ1n) is 12.5. The number of aldehydes is 1. The van der Waals surface area contributed by atoms with Crippen molar-refractivity contribution in [2.45, 2.75) is 46.0 Å². The molecular formula is C28H38N2O4. The van der Waals surface area contributed by atoms with E-state index in [4.69, 9.17) is 9.47 Å². The lowest BCUT2D eigenvalue weighted by Crippen LogP contribution is -2.46. The number of hydrogen-bond donors (Lipinski definition) is 0. The molecule has 34 heavy (non-hydrogen) atoms. The molecule has 0 N–H and O–H groups in total. The summed E-state index contributed by atoms with van der Waals surface area (Å²) in [6.45, 7) is 10.4. The van der Waals surface area contributed by atoms with Gasteiger partial charge in [-0.15, -0.1) is 0 Å². The Bertz CT molecular complexity index is 905. The summed E-state index contributed by atoms with van der Waals surface area (Å²) in [5.74, 6) is 0.514. The fraction of sp³-hybridized carbons (Fsp3) is 0.500. The first-order valence-corrected chi connectivity index (χ1v) is 12.5. The van der Waals surface area contributed by atoms with Gasteiger partial charge in [-0.05, 0) is 81.1 Å². The number of esters is 1. The van der Waals surface area contributed by atoms with Gasteiger partial charge in [0, 0.05) is 37.4 Å². The van der Waals surface area contributed by atoms with Crippen molar-refractivity contribution in [3.8, 4) is 5.75 Å². The van der Waals surface area contributed by atoms with Crippen LogP contribution in [0.15, 0.2) is 42.5 Å². The van der Waals surface area contributed by atoms with E-state index in [9.17, 15) is 9.59 Å². The van der Waals surface area contributed by atoms with Gasteiger partial charge in [-0.1, -0.05) is 19.4 Å². The van der Waals surface area contributed by atoms with Crippen molar-refractivity contribution in [2.24, 2.45) is 0 Å². The Morgan fingerprint density at radius 3 is 2.41 bits per heavy atom. The van der Waals surface area contributed by atoms with Crippen LogP contribution in [0, 0.1) is 6.92 Å². The van der Waals surface area contributed by atoms with E-state index in [0.717, 1.165) is 93.7 Å². The topological polar surface area (TPSA) is 59.1 Å². The van der Waals surface area contributed by atoms with Crippen molar-refractivity contribution in [1.29, 1.82) is 0 Å². The van der Waals surface area contributed by atoms with Crippen LogP contribution in [0.5, 0.6) is 5.75 Å². The number of ether oxygens (including phenoxy) is 2. The second kappa shape index (κ2) is 13.8. The van der Waals surface area contributed by atoms with Crippen LogP contribution in [0.3, 0.4) is 0 Å². The average molecular weight is 467 g/mol. The molecule has 1 aliphatic rings. The van der Waals surface area contributed by atoms with E-state index in [2.05, 4.69) is 22.8 Å². The number of nitrogens with zero attached hydrogens (tertiary/aromatic N) is 2. The third kappa shape index (κ3) is 7.87. The molecule has 0 spiro atoms. The van der Waals surface area contributed by atoms with Crippen molar-refractivity contribution in [3.05, 3.63) is 59.2 Å². The predicted octanol–water partition coefficient (Wildman–Crippen LogP) is 5.14. The van der Waals surface area contributed by atoms with Gasteiger partial charge in [-0.3, -0.25) is 9.69 Å². The minimum atomic E-state index is -0.273. The lowest BCUT2D eigenvalue weighted by molar-refractivity contribution is 0.0499. The van der Waals surface area contributed by atoms with E-state index in [-0.39, 0.29) is 5.97 Å². The molecule has 0 atom stereocenters. The van der Waals surface area contributed by atoms with E-state index >= 15 is 0 Å². The van der Waals surface area contributed by atoms with Crippen LogP contribution in [0.1, 0.15) is 65.3 Å². The zero-order valence-corrected chi connectivity index (χ0v) is 20.6. The molecular weight excluding hydrogens is 428 g/mol. The van der Waals surface area contributed by atoms with E-state index in [1.54, 1.807) is 12.1 Å². The highest BCUT2D eigenvalue weighted by Crippen LogP contribution is 2.20. The Morgan fingerprint density at radius 1 is 0.941 bits per heavy atom. The standard InChI is InChI=1S/C28H38N2O4/c1-3-4-19-34-28(32)24-9-12-27(13-10-24)33-20-7-5-6-14-29-15-17-30(18-16-29)26-11-8-23(2)25(21-26)22-31/h8-13,21-22H,3-7,14-20H2,1-2H3. The molecule has 0 radical (unpaired) electrons. The number of piperazine rings is 1. The number of anilines is 1. The maximum Gasteiger partial charge on any atom is 0.338 e. The van der Waals surface area contributed by atoms with Crippen molar-refractivity contribution >= 4 is 17.9 Å². The second-order valence-electron chi connectivity index (χ2n) is 8.91. The molecule has 1 heterocycles. The third-order valence-corrected chi connectivity index (χ3v) is 6.34. The summed E-state index contributed by atoms with van der Waals surface area (Å²) < 4.78 is 11.1. The minimum absolute atomic E-state index is 0.273. The summed E-state index contributed by atoms with van der Waals surface area (Å²) in [4.78, 5) is 28.0. The van der Waals surface area contributed by atoms with Gasteiger partial charge in [0.15, 0.2) is 0 Å². The molecule has 3 rings (SSSR count). The summed E-state index contributed by atoms with van der Waals surface area (Å²) in [6, 6.07) is 13.4. The average Bonchev–Trinajstić information content (AvgIpc) is 2.87. The number of hydrogen-bond acceptors (Lipinski definition) is 6. The highest BCUT2D eigenvalue weighted by atomic mass is 16.5. The summed E-state index contributed by atoms with van der Waals surface area (Å²) >= 11 is 0. The first kappa shape index (κ1) is 25.8. The lowest BCUT2D eigenvalue weighted by Gasteiger charge is -2.36. The number of unbranched alkanes of at least 4 members (excludes halogenated alkanes) is 3. The quantitative estimate of drug-likeness (QED) is 0.232. The third-order valence-electron chi connectivity index (χ3n) is 6.34. The summed E-state index contributed by atoms with van der Waals surface area (Å²) in [7, 11) is 0. The molecule has 0 saturated carbocycles. The molecule has 1 saturated heterocycles. The van der Waals surface area contributed by atoms with Crippen LogP contribution in [0.4, 0.5) is 5.69 Å². The number of carbonyl (C=O) groups excluding carboxylic acids is 2. The molecule has 0 aromatic heterocycles. The minimum Gasteiger partial charge on any atom is -0.494 e. The van der Waals surface area contributed by atoms with Crippen molar-refractivity contribution in [2.75, 3.05) is 50.8 Å². The Hall–Kier alpha value is -2.86. The van der Waals surface area contributed by atoms with Crippen molar-refractivity contribution in [1.82, 2.24) is 4.90 Å². The van der Waals surface area contributed by atoms with Crippen LogP contribution < -0.4 is 9.64 Å². The van der Waals surface area contributed by atoms with E-state index in [1.165, 1.54) is 0 Å². The number of aryl methyl sites for hydroxylation is 1. The van der Waals surface area contributed by atoms with Gasteiger partial charge >= 0.3 is 5.97 Å². The highest BCUT2D eigenvalue weighted by molar-refractivity contribution is 5.89. The maximum absolute atomic E-state index is 11.9. The fourth-order valence-electron chi connectivity index (χ4n) is 4.07. The van der Waals surface area contributed by atoms with Crippen LogP contribution >= 0.6 is 0 Å². The smallest absolute Gasteiger partial charge is 0.338 e. The molecule has 184 valence electrons. The molecule has 0 amide bonds. The molecule has 1 fully saturated rings. The number of benzene rings is 2. The Morgan fingerprint density at radius 2 is 1.71 bits per heavy atom. The van der Waals surface area contributed by atoms with Crippen LogP contribution in [0.25, 0.3) is 0 Å². The predicted molar refractivity (Wildman–Crippen MR) is 136 cm³/mol. The Labute approximate surface area is 203 Å². The number of rotatable bonds is 13. The molecule has 2 aromatic rings. The normalized spacial score (nSPS) is 14.1. The molecule has 0 bridgehead atoms. The van der Waals surface area contributed by atoms with Gasteiger partial charge in [0.25, 0.3) is 0 Å². The molecule has 2 aromatic carbocycles. The molecule has 1 aliphatic heterocycles. The van der Waals surface area contributed by atoms with Crippen LogP contribution in [0.2, 0.25) is 0 Å². The first-order chi connectivity index (χ1) is 16.6. The van der Waals surface area contributed by atoms with Crippen LogP contribution in [-0.4, -0.2) is 63.1 Å². The monoisotopic (exact) mass is 466 g/mol. The Balaban J connectivity index is 1.27. The fourth-order valence-corrected chi connectivity index (χ4v) is 4.07. The van der Waals surface area contributed by atoms with Gasteiger partial charge < -0.3 is 14.4 Å². The highest BCUT2D eigenvalue weighted by Gasteiger charge is 2.17. The summed E-state index contributed by atoms with van der Waals surface area (Å²) in [6.07, 6.45) is 6.14. The van der Waals surface area contributed by atoms with E-state index < -0.39 is 0 Å². The SMILES string of the molecule is CCCCOC(=O)c1ccc(OCCCCCN2CCN(c3ccc(C)c(C=O)c3)CC2)cc1. The zero-order chi connectivity index (χ0) is 24.2. The molecule has 0 aliphatic carbocycles. The van der Waals surface area contributed by atoms with E-state index in [1.807, 2.05) is 31.2 Å². The van der Waals surface area contributed by atoms with Crippen molar-refractivity contribution < 1.29 is 19.1 Å². The van der Waals surface area contributed by atoms with Gasteiger partial charge in [0.1, 0.15) is 12.0 Å². The van der Waals surface area contributed by atoms with Gasteiger partial charge in [0.2, 0.25) is 0 Å². The summed E-state index contributed by atoms with van der Waals surface area (Å²) in [5, 5.41) is 0. The Kier molecular flexibility index (Phi) is 10.4. The van der Waals surface area contributed by atoms with Gasteiger partial charge in [-0.2, -0.15) is 0 Å². The maximum atomic E-state index is 11.9. The number of carbonyl (C=O) groups is 2. The van der Waals surface area contributed by atoms with Crippen molar-refractivity contribution in [3.63, 3.8) is 0 Å². The molecule has 0 unspecified atom stereocenters. The summed E-state index contributed by atoms with van der Waals surface area (Å²) in [5.41, 5.74) is 3.52. The second-order valence-corrected chi connectivity index (χ2v) is 8.91.